The van der Waals surface area contributed by atoms with Crippen LogP contribution in [-0.2, 0) is 9.59 Å². The van der Waals surface area contributed by atoms with Crippen LogP contribution < -0.4 is 15.1 Å². The maximum Gasteiger partial charge on any atom is 0.245 e. The smallest absolute Gasteiger partial charge is 0.245 e. The van der Waals surface area contributed by atoms with Gasteiger partial charge in [-0.05, 0) is 29.8 Å². The largest absolute Gasteiger partial charge is 0.451 e. The molecule has 2 amide bonds. The Bertz CT molecular complexity index is 1530. The SMILES string of the molecule is O=C1C(Cl)=C(Oc2cccc(N3CC(C(=O)N/N=C/c4ccc(Br)cc4)CC3=O)c2)C(=O)c2ccccc21. The molecule has 1 heterocycles. The minimum absolute atomic E-state index is 0.0193. The highest BCUT2D eigenvalue weighted by molar-refractivity contribution is 9.10. The van der Waals surface area contributed by atoms with E-state index in [1.54, 1.807) is 36.4 Å². The first kappa shape index (κ1) is 25.6. The van der Waals surface area contributed by atoms with E-state index in [4.69, 9.17) is 16.3 Å². The molecule has 38 heavy (non-hydrogen) atoms. The van der Waals surface area contributed by atoms with Crippen LogP contribution in [0.25, 0.3) is 0 Å². The first-order valence-corrected chi connectivity index (χ1v) is 12.7. The molecular formula is C28H19BrClN3O5. The van der Waals surface area contributed by atoms with Crippen molar-refractivity contribution in [3.8, 4) is 5.75 Å². The Kier molecular flexibility index (Phi) is 7.22. The molecule has 0 aromatic heterocycles. The van der Waals surface area contributed by atoms with Gasteiger partial charge in [-0.3, -0.25) is 19.2 Å². The Labute approximate surface area is 231 Å². The standard InChI is InChI=1S/C28H19BrClN3O5/c29-18-10-8-16(9-11-18)14-31-32-28(37)17-12-23(34)33(15-17)19-4-3-5-20(13-19)38-27-24(30)25(35)21-6-1-2-7-22(21)26(27)36/h1-11,13-14,17H,12,15H2,(H,32,37)/b31-14+. The topological polar surface area (TPSA) is 105 Å². The molecule has 1 N–H and O–H groups in total. The number of allylic oxidation sites excluding steroid dienone is 2. The average Bonchev–Trinajstić information content (AvgIpc) is 3.33. The fourth-order valence-corrected chi connectivity index (χ4v) is 4.68. The molecule has 0 saturated carbocycles. The summed E-state index contributed by atoms with van der Waals surface area (Å²) in [6.07, 6.45) is 1.54. The summed E-state index contributed by atoms with van der Waals surface area (Å²) in [6.45, 7) is 0.149. The van der Waals surface area contributed by atoms with E-state index in [9.17, 15) is 19.2 Å². The van der Waals surface area contributed by atoms with Gasteiger partial charge in [0.25, 0.3) is 0 Å². The number of ether oxygens (including phenoxy) is 1. The number of Topliss-reactive ketones (excluding diaryl/α,β-unsaturated/α-hetero) is 2. The van der Waals surface area contributed by atoms with Crippen molar-refractivity contribution in [2.45, 2.75) is 6.42 Å². The second-order valence-corrected chi connectivity index (χ2v) is 9.93. The molecule has 1 aliphatic heterocycles. The van der Waals surface area contributed by atoms with Gasteiger partial charge in [0, 0.05) is 40.3 Å². The molecule has 1 fully saturated rings. The highest BCUT2D eigenvalue weighted by Gasteiger charge is 2.36. The lowest BCUT2D eigenvalue weighted by Gasteiger charge is -2.20. The number of hydrogen-bond donors (Lipinski definition) is 1. The Balaban J connectivity index is 1.27. The molecule has 8 nitrogen and oxygen atoms in total. The zero-order valence-corrected chi connectivity index (χ0v) is 22.0. The highest BCUT2D eigenvalue weighted by Crippen LogP contribution is 2.33. The highest BCUT2D eigenvalue weighted by atomic mass is 79.9. The number of benzene rings is 3. The van der Waals surface area contributed by atoms with Crippen molar-refractivity contribution in [1.82, 2.24) is 5.43 Å². The second kappa shape index (κ2) is 10.7. The molecule has 1 atom stereocenters. The lowest BCUT2D eigenvalue weighted by molar-refractivity contribution is -0.126. The van der Waals surface area contributed by atoms with E-state index < -0.39 is 17.5 Å². The van der Waals surface area contributed by atoms with Crippen LogP contribution in [-0.4, -0.2) is 36.1 Å². The molecule has 3 aromatic carbocycles. The summed E-state index contributed by atoms with van der Waals surface area (Å²) in [5, 5.41) is 3.68. The van der Waals surface area contributed by atoms with Crippen LogP contribution in [0.15, 0.2) is 93.2 Å². The van der Waals surface area contributed by atoms with Crippen LogP contribution in [0.2, 0.25) is 0 Å². The molecule has 2 aliphatic rings. The molecule has 0 bridgehead atoms. The van der Waals surface area contributed by atoms with Crippen LogP contribution >= 0.6 is 27.5 Å². The molecule has 1 saturated heterocycles. The van der Waals surface area contributed by atoms with E-state index in [0.717, 1.165) is 10.0 Å². The summed E-state index contributed by atoms with van der Waals surface area (Å²) in [4.78, 5) is 52.4. The Morgan fingerprint density at radius 2 is 1.71 bits per heavy atom. The maximum atomic E-state index is 12.9. The third-order valence-electron chi connectivity index (χ3n) is 6.12. The van der Waals surface area contributed by atoms with Crippen LogP contribution in [0.4, 0.5) is 5.69 Å². The quantitative estimate of drug-likeness (QED) is 0.325. The van der Waals surface area contributed by atoms with E-state index in [1.807, 2.05) is 24.3 Å². The number of nitrogens with zero attached hydrogens (tertiary/aromatic N) is 2. The molecule has 5 rings (SSSR count). The summed E-state index contributed by atoms with van der Waals surface area (Å²) >= 11 is 9.56. The zero-order valence-electron chi connectivity index (χ0n) is 19.7. The van der Waals surface area contributed by atoms with Crippen LogP contribution in [0.3, 0.4) is 0 Å². The first-order chi connectivity index (χ1) is 18.3. The van der Waals surface area contributed by atoms with Gasteiger partial charge in [-0.15, -0.1) is 0 Å². The molecule has 10 heteroatoms. The lowest BCUT2D eigenvalue weighted by atomic mass is 9.93. The lowest BCUT2D eigenvalue weighted by Crippen LogP contribution is -2.30. The van der Waals surface area contributed by atoms with Crippen molar-refractivity contribution >= 4 is 62.8 Å². The third-order valence-corrected chi connectivity index (χ3v) is 7.00. The van der Waals surface area contributed by atoms with Crippen molar-refractivity contribution in [2.75, 3.05) is 11.4 Å². The van der Waals surface area contributed by atoms with Crippen molar-refractivity contribution in [3.05, 3.63) is 105 Å². The summed E-state index contributed by atoms with van der Waals surface area (Å²) in [7, 11) is 0. The van der Waals surface area contributed by atoms with Crippen LogP contribution in [0.1, 0.15) is 32.7 Å². The zero-order chi connectivity index (χ0) is 26.8. The number of ketones is 2. The third kappa shape index (κ3) is 5.16. The first-order valence-electron chi connectivity index (χ1n) is 11.6. The number of halogens is 2. The van der Waals surface area contributed by atoms with Crippen molar-refractivity contribution < 1.29 is 23.9 Å². The number of hydrogen-bond acceptors (Lipinski definition) is 6. The number of fused-ring (bicyclic) bond motifs is 1. The Morgan fingerprint density at radius 3 is 2.45 bits per heavy atom. The van der Waals surface area contributed by atoms with E-state index >= 15 is 0 Å². The molecule has 0 radical (unpaired) electrons. The van der Waals surface area contributed by atoms with Gasteiger partial charge in [0.15, 0.2) is 5.76 Å². The average molecular weight is 593 g/mol. The van der Waals surface area contributed by atoms with Gasteiger partial charge >= 0.3 is 0 Å². The fourth-order valence-electron chi connectivity index (χ4n) is 4.19. The maximum absolute atomic E-state index is 12.9. The number of hydrazone groups is 1. The summed E-state index contributed by atoms with van der Waals surface area (Å²) in [5.74, 6) is -2.28. The van der Waals surface area contributed by atoms with Crippen molar-refractivity contribution in [2.24, 2.45) is 11.0 Å². The second-order valence-electron chi connectivity index (χ2n) is 8.64. The Morgan fingerprint density at radius 1 is 1.00 bits per heavy atom. The molecule has 0 spiro atoms. The van der Waals surface area contributed by atoms with Gasteiger partial charge in [-0.1, -0.05) is 70.0 Å². The van der Waals surface area contributed by atoms with E-state index in [2.05, 4.69) is 26.5 Å². The molecule has 1 aliphatic carbocycles. The van der Waals surface area contributed by atoms with Gasteiger partial charge in [0.2, 0.25) is 23.4 Å². The van der Waals surface area contributed by atoms with Gasteiger partial charge in [-0.2, -0.15) is 5.10 Å². The number of amides is 2. The van der Waals surface area contributed by atoms with Crippen LogP contribution in [0, 0.1) is 5.92 Å². The van der Waals surface area contributed by atoms with E-state index in [-0.39, 0.29) is 52.4 Å². The number of carbonyl (C=O) groups is 4. The number of anilines is 1. The number of carbonyl (C=O) groups excluding carboxylic acids is 4. The predicted octanol–water partition coefficient (Wildman–Crippen LogP) is 4.86. The van der Waals surface area contributed by atoms with E-state index in [0.29, 0.717) is 5.69 Å². The van der Waals surface area contributed by atoms with Crippen molar-refractivity contribution in [3.63, 3.8) is 0 Å². The number of rotatable bonds is 6. The van der Waals surface area contributed by atoms with Gasteiger partial charge in [0.05, 0.1) is 12.1 Å². The van der Waals surface area contributed by atoms with Crippen molar-refractivity contribution in [1.29, 1.82) is 0 Å². The van der Waals surface area contributed by atoms with Gasteiger partial charge < -0.3 is 9.64 Å². The molecule has 1 unspecified atom stereocenters. The van der Waals surface area contributed by atoms with Gasteiger partial charge in [0.1, 0.15) is 10.8 Å². The van der Waals surface area contributed by atoms with Gasteiger partial charge in [-0.25, -0.2) is 5.43 Å². The minimum atomic E-state index is -0.597. The minimum Gasteiger partial charge on any atom is -0.451 e. The molecular weight excluding hydrogens is 574 g/mol. The molecule has 190 valence electrons. The predicted molar refractivity (Wildman–Crippen MR) is 145 cm³/mol. The summed E-state index contributed by atoms with van der Waals surface area (Å²) < 4.78 is 6.69. The molecule has 3 aromatic rings. The summed E-state index contributed by atoms with van der Waals surface area (Å²) in [5.41, 5.74) is 4.21. The summed E-state index contributed by atoms with van der Waals surface area (Å²) in [6, 6.07) is 20.3. The monoisotopic (exact) mass is 591 g/mol. The Hall–Kier alpha value is -4.08. The fraction of sp³-hybridized carbons (Fsp3) is 0.107. The van der Waals surface area contributed by atoms with E-state index in [1.165, 1.54) is 23.2 Å². The van der Waals surface area contributed by atoms with Crippen LogP contribution in [0.5, 0.6) is 5.75 Å². The number of nitrogens with one attached hydrogen (secondary N) is 1. The normalized spacial score (nSPS) is 17.3.